The molecule has 1 aromatic carbocycles. The van der Waals surface area contributed by atoms with Gasteiger partial charge in [-0.15, -0.1) is 0 Å². The van der Waals surface area contributed by atoms with Gasteiger partial charge in [0.2, 0.25) is 0 Å². The quantitative estimate of drug-likeness (QED) is 0.854. The first-order valence-electron chi connectivity index (χ1n) is 6.91. The van der Waals surface area contributed by atoms with E-state index in [-0.39, 0.29) is 0 Å². The van der Waals surface area contributed by atoms with Crippen molar-refractivity contribution in [1.29, 1.82) is 0 Å². The van der Waals surface area contributed by atoms with Gasteiger partial charge in [0.05, 0.1) is 0 Å². The molecule has 0 amide bonds. The number of nitrogens with zero attached hydrogens (tertiary/aromatic N) is 1. The fraction of sp³-hybridized carbons (Fsp3) is 0.600. The Morgan fingerprint density at radius 1 is 1.35 bits per heavy atom. The molecule has 0 spiro atoms. The lowest BCUT2D eigenvalue weighted by Gasteiger charge is -2.25. The number of hydrogen-bond acceptors (Lipinski definition) is 2. The third-order valence-corrected chi connectivity index (χ3v) is 4.31. The fourth-order valence-electron chi connectivity index (χ4n) is 2.88. The van der Waals surface area contributed by atoms with Gasteiger partial charge < -0.3 is 10.2 Å². The fourth-order valence-corrected chi connectivity index (χ4v) is 2.88. The van der Waals surface area contributed by atoms with Gasteiger partial charge >= 0.3 is 0 Å². The van der Waals surface area contributed by atoms with Crippen LogP contribution in [-0.4, -0.2) is 20.1 Å². The molecule has 0 bridgehead atoms. The Balaban J connectivity index is 1.56. The maximum atomic E-state index is 3.57. The van der Waals surface area contributed by atoms with Crippen molar-refractivity contribution >= 4 is 11.4 Å². The summed E-state index contributed by atoms with van der Waals surface area (Å²) in [7, 11) is 2.18. The molecule has 1 aromatic rings. The van der Waals surface area contributed by atoms with Crippen LogP contribution in [0.5, 0.6) is 0 Å². The number of fused-ring (bicyclic) bond motifs is 1. The van der Waals surface area contributed by atoms with E-state index in [1.807, 2.05) is 0 Å². The third-order valence-electron chi connectivity index (χ3n) is 4.31. The zero-order chi connectivity index (χ0) is 11.7. The molecule has 0 atom stereocenters. The lowest BCUT2D eigenvalue weighted by Crippen LogP contribution is -2.15. The average Bonchev–Trinajstić information content (AvgIpc) is 2.64. The molecule has 3 rings (SSSR count). The second-order valence-electron chi connectivity index (χ2n) is 5.53. The molecule has 2 aliphatic rings. The first kappa shape index (κ1) is 10.9. The van der Waals surface area contributed by atoms with E-state index in [1.165, 1.54) is 55.6 Å². The summed E-state index contributed by atoms with van der Waals surface area (Å²) in [6, 6.07) is 6.81. The molecule has 1 aliphatic carbocycles. The zero-order valence-electron chi connectivity index (χ0n) is 10.7. The highest BCUT2D eigenvalue weighted by atomic mass is 15.1. The minimum Gasteiger partial charge on any atom is -0.385 e. The van der Waals surface area contributed by atoms with E-state index in [9.17, 15) is 0 Å². The van der Waals surface area contributed by atoms with Crippen molar-refractivity contribution < 1.29 is 0 Å². The van der Waals surface area contributed by atoms with Crippen LogP contribution in [0.4, 0.5) is 11.4 Å². The topological polar surface area (TPSA) is 15.3 Å². The van der Waals surface area contributed by atoms with E-state index in [2.05, 4.69) is 35.5 Å². The van der Waals surface area contributed by atoms with Gasteiger partial charge in [-0.3, -0.25) is 0 Å². The van der Waals surface area contributed by atoms with Gasteiger partial charge in [0.25, 0.3) is 0 Å². The van der Waals surface area contributed by atoms with Crippen LogP contribution in [0.15, 0.2) is 18.2 Å². The van der Waals surface area contributed by atoms with E-state index in [4.69, 9.17) is 0 Å². The summed E-state index contributed by atoms with van der Waals surface area (Å²) in [6.45, 7) is 2.31. The average molecular weight is 230 g/mol. The van der Waals surface area contributed by atoms with Crippen LogP contribution in [0.1, 0.15) is 31.2 Å². The number of likely N-dealkylation sites (N-methyl/N-ethyl adjacent to an activating group) is 1. The number of nitrogens with one attached hydrogen (secondary N) is 1. The Morgan fingerprint density at radius 3 is 3.00 bits per heavy atom. The Morgan fingerprint density at radius 2 is 2.24 bits per heavy atom. The van der Waals surface area contributed by atoms with E-state index >= 15 is 0 Å². The second-order valence-corrected chi connectivity index (χ2v) is 5.53. The highest BCUT2D eigenvalue weighted by molar-refractivity contribution is 5.63. The summed E-state index contributed by atoms with van der Waals surface area (Å²) in [6.07, 6.45) is 6.91. The van der Waals surface area contributed by atoms with Gasteiger partial charge in [0.15, 0.2) is 0 Å². The monoisotopic (exact) mass is 230 g/mol. The minimum atomic E-state index is 1.00. The van der Waals surface area contributed by atoms with E-state index in [1.54, 1.807) is 0 Å². The molecule has 0 radical (unpaired) electrons. The highest BCUT2D eigenvalue weighted by Crippen LogP contribution is 2.31. The molecule has 1 fully saturated rings. The van der Waals surface area contributed by atoms with Crippen LogP contribution >= 0.6 is 0 Å². The van der Waals surface area contributed by atoms with Gasteiger partial charge in [-0.05, 0) is 42.5 Å². The van der Waals surface area contributed by atoms with E-state index in [0.29, 0.717) is 0 Å². The SMILES string of the molecule is CN1CCc2cc(NCCC3CCC3)ccc21. The third kappa shape index (κ3) is 2.26. The molecule has 1 aliphatic heterocycles. The standard InChI is InChI=1S/C15H22N2/c1-17-10-8-13-11-14(5-6-15(13)17)16-9-7-12-3-2-4-12/h5-6,11-12,16H,2-4,7-10H2,1H3. The number of hydrogen-bond donors (Lipinski definition) is 1. The summed E-state index contributed by atoms with van der Waals surface area (Å²) in [5.74, 6) is 1.00. The van der Waals surface area contributed by atoms with Crippen LogP contribution in [-0.2, 0) is 6.42 Å². The highest BCUT2D eigenvalue weighted by Gasteiger charge is 2.17. The minimum absolute atomic E-state index is 1.00. The number of benzene rings is 1. The summed E-state index contributed by atoms with van der Waals surface area (Å²) in [4.78, 5) is 2.34. The van der Waals surface area contributed by atoms with Crippen molar-refractivity contribution in [2.24, 2.45) is 5.92 Å². The van der Waals surface area contributed by atoms with E-state index in [0.717, 1.165) is 12.5 Å². The van der Waals surface area contributed by atoms with Crippen molar-refractivity contribution in [2.45, 2.75) is 32.1 Å². The molecule has 1 N–H and O–H groups in total. The molecule has 0 aromatic heterocycles. The van der Waals surface area contributed by atoms with Crippen molar-refractivity contribution in [1.82, 2.24) is 0 Å². The summed E-state index contributed by atoms with van der Waals surface area (Å²) in [5.41, 5.74) is 4.22. The van der Waals surface area contributed by atoms with Gasteiger partial charge in [-0.2, -0.15) is 0 Å². The van der Waals surface area contributed by atoms with Crippen molar-refractivity contribution in [3.63, 3.8) is 0 Å². The van der Waals surface area contributed by atoms with Crippen LogP contribution < -0.4 is 10.2 Å². The predicted molar refractivity (Wildman–Crippen MR) is 73.9 cm³/mol. The van der Waals surface area contributed by atoms with Crippen molar-refractivity contribution in [3.05, 3.63) is 23.8 Å². The molecule has 2 nitrogen and oxygen atoms in total. The maximum absolute atomic E-state index is 3.57. The Labute approximate surface area is 104 Å². The normalized spacial score (nSPS) is 19.0. The van der Waals surface area contributed by atoms with Gasteiger partial charge in [0, 0.05) is 31.5 Å². The Kier molecular flexibility index (Phi) is 2.96. The predicted octanol–water partition coefficient (Wildman–Crippen LogP) is 3.28. The molecule has 2 heteroatoms. The summed E-state index contributed by atoms with van der Waals surface area (Å²) in [5, 5.41) is 3.57. The molecular weight excluding hydrogens is 208 g/mol. The molecule has 92 valence electrons. The lowest BCUT2D eigenvalue weighted by atomic mass is 9.83. The van der Waals surface area contributed by atoms with Crippen molar-refractivity contribution in [2.75, 3.05) is 30.4 Å². The summed E-state index contributed by atoms with van der Waals surface area (Å²) >= 11 is 0. The molecule has 1 saturated carbocycles. The van der Waals surface area contributed by atoms with Gasteiger partial charge in [-0.25, -0.2) is 0 Å². The smallest absolute Gasteiger partial charge is 0.0398 e. The molecule has 1 heterocycles. The molecule has 0 unspecified atom stereocenters. The van der Waals surface area contributed by atoms with Gasteiger partial charge in [-0.1, -0.05) is 19.3 Å². The largest absolute Gasteiger partial charge is 0.385 e. The summed E-state index contributed by atoms with van der Waals surface area (Å²) < 4.78 is 0. The Bertz CT molecular complexity index is 396. The van der Waals surface area contributed by atoms with Crippen molar-refractivity contribution in [3.8, 4) is 0 Å². The van der Waals surface area contributed by atoms with Gasteiger partial charge in [0.1, 0.15) is 0 Å². The Hall–Kier alpha value is -1.18. The van der Waals surface area contributed by atoms with E-state index < -0.39 is 0 Å². The lowest BCUT2D eigenvalue weighted by molar-refractivity contribution is 0.303. The van der Waals surface area contributed by atoms with Crippen LogP contribution in [0.3, 0.4) is 0 Å². The second kappa shape index (κ2) is 4.59. The molecule has 17 heavy (non-hydrogen) atoms. The number of anilines is 2. The molecular formula is C15H22N2. The van der Waals surface area contributed by atoms with Crippen LogP contribution in [0, 0.1) is 5.92 Å². The van der Waals surface area contributed by atoms with Crippen LogP contribution in [0.25, 0.3) is 0 Å². The zero-order valence-corrected chi connectivity index (χ0v) is 10.7. The molecule has 0 saturated heterocycles. The first-order chi connectivity index (χ1) is 8.33. The maximum Gasteiger partial charge on any atom is 0.0398 e. The number of rotatable bonds is 4. The van der Waals surface area contributed by atoms with Crippen LogP contribution in [0.2, 0.25) is 0 Å². The first-order valence-corrected chi connectivity index (χ1v) is 6.91.